The number of likely N-dealkylation sites (N-methyl/N-ethyl adjacent to an activating group) is 1. The van der Waals surface area contributed by atoms with Crippen molar-refractivity contribution in [3.63, 3.8) is 0 Å². The molecule has 7 heteroatoms. The second-order valence-corrected chi connectivity index (χ2v) is 7.39. The van der Waals surface area contributed by atoms with Gasteiger partial charge in [-0.25, -0.2) is 4.79 Å². The zero-order chi connectivity index (χ0) is 16.0. The Morgan fingerprint density at radius 3 is 2.55 bits per heavy atom. The van der Waals surface area contributed by atoms with Gasteiger partial charge >= 0.3 is 12.1 Å². The average Bonchev–Trinajstić information content (AvgIpc) is 2.95. The summed E-state index contributed by atoms with van der Waals surface area (Å²) in [6, 6.07) is 0.569. The smallest absolute Gasteiger partial charge is 0.410 e. The molecule has 1 unspecified atom stereocenters. The first-order chi connectivity index (χ1) is 10.3. The quantitative estimate of drug-likeness (QED) is 0.792. The van der Waals surface area contributed by atoms with Crippen LogP contribution in [0.4, 0.5) is 10.8 Å². The van der Waals surface area contributed by atoms with Gasteiger partial charge in [0.05, 0.1) is 6.54 Å². The van der Waals surface area contributed by atoms with E-state index >= 15 is 0 Å². The van der Waals surface area contributed by atoms with E-state index in [1.165, 1.54) is 0 Å². The van der Waals surface area contributed by atoms with Gasteiger partial charge in [-0.15, -0.1) is 5.10 Å². The maximum atomic E-state index is 11.7. The Balaban J connectivity index is 1.71. The van der Waals surface area contributed by atoms with Crippen molar-refractivity contribution in [3.05, 3.63) is 5.89 Å². The van der Waals surface area contributed by atoms with Crippen molar-refractivity contribution in [2.75, 3.05) is 31.6 Å². The third kappa shape index (κ3) is 2.76. The average molecular weight is 308 g/mol. The number of rotatable bonds is 1. The lowest BCUT2D eigenvalue weighted by molar-refractivity contribution is 0.0472. The molecule has 2 aliphatic heterocycles. The van der Waals surface area contributed by atoms with Crippen LogP contribution >= 0.6 is 0 Å². The Morgan fingerprint density at radius 1 is 1.18 bits per heavy atom. The second kappa shape index (κ2) is 5.14. The fourth-order valence-electron chi connectivity index (χ4n) is 3.06. The van der Waals surface area contributed by atoms with E-state index in [1.807, 2.05) is 0 Å². The molecule has 0 aliphatic carbocycles. The fraction of sp³-hybridized carbons (Fsp3) is 0.800. The highest BCUT2D eigenvalue weighted by atomic mass is 16.6. The molecule has 0 radical (unpaired) electrons. The zero-order valence-corrected chi connectivity index (χ0v) is 13.8. The molecule has 0 aromatic carbocycles. The molecule has 22 heavy (non-hydrogen) atoms. The SMILES string of the molecule is CN1CC2(CCCN(c3nnc(C(C)(C)C)o3)CC2)OC1=O. The molecule has 0 saturated carbocycles. The van der Waals surface area contributed by atoms with Crippen molar-refractivity contribution < 1.29 is 13.9 Å². The number of nitrogens with zero attached hydrogens (tertiary/aromatic N) is 4. The predicted molar refractivity (Wildman–Crippen MR) is 80.9 cm³/mol. The number of carbonyl (C=O) groups excluding carboxylic acids is 1. The summed E-state index contributed by atoms with van der Waals surface area (Å²) in [5.74, 6) is 0.647. The molecule has 2 fully saturated rings. The minimum absolute atomic E-state index is 0.151. The Kier molecular flexibility index (Phi) is 3.53. The minimum atomic E-state index is -0.354. The maximum absolute atomic E-state index is 11.7. The molecule has 7 nitrogen and oxygen atoms in total. The number of amides is 1. The molecular weight excluding hydrogens is 284 g/mol. The predicted octanol–water partition coefficient (Wildman–Crippen LogP) is 2.18. The maximum Gasteiger partial charge on any atom is 0.410 e. The number of carbonyl (C=O) groups is 1. The molecule has 1 atom stereocenters. The molecule has 1 aromatic rings. The highest BCUT2D eigenvalue weighted by Crippen LogP contribution is 2.34. The Hall–Kier alpha value is -1.79. The summed E-state index contributed by atoms with van der Waals surface area (Å²) in [7, 11) is 1.79. The van der Waals surface area contributed by atoms with Gasteiger partial charge in [-0.2, -0.15) is 0 Å². The highest BCUT2D eigenvalue weighted by Gasteiger charge is 2.44. The van der Waals surface area contributed by atoms with Gasteiger partial charge in [0.2, 0.25) is 5.89 Å². The number of hydrogen-bond acceptors (Lipinski definition) is 6. The van der Waals surface area contributed by atoms with E-state index < -0.39 is 0 Å². The topological polar surface area (TPSA) is 71.7 Å². The van der Waals surface area contributed by atoms with E-state index in [0.29, 0.717) is 18.5 Å². The summed E-state index contributed by atoms with van der Waals surface area (Å²) in [5, 5.41) is 8.34. The van der Waals surface area contributed by atoms with E-state index in [2.05, 4.69) is 35.9 Å². The third-order valence-electron chi connectivity index (χ3n) is 4.37. The lowest BCUT2D eigenvalue weighted by atomic mass is 9.95. The Bertz CT molecular complexity index is 565. The second-order valence-electron chi connectivity index (χ2n) is 7.39. The molecular formula is C15H24N4O3. The number of hydrogen-bond donors (Lipinski definition) is 0. The van der Waals surface area contributed by atoms with E-state index in [1.54, 1.807) is 11.9 Å². The van der Waals surface area contributed by atoms with E-state index in [9.17, 15) is 4.79 Å². The molecule has 3 heterocycles. The molecule has 1 amide bonds. The van der Waals surface area contributed by atoms with Gasteiger partial charge in [0.25, 0.3) is 0 Å². The first-order valence-corrected chi connectivity index (χ1v) is 7.82. The summed E-state index contributed by atoms with van der Waals surface area (Å²) in [4.78, 5) is 15.4. The monoisotopic (exact) mass is 308 g/mol. The molecule has 3 rings (SSSR count). The van der Waals surface area contributed by atoms with Gasteiger partial charge in [-0.3, -0.25) is 0 Å². The van der Waals surface area contributed by atoms with E-state index in [-0.39, 0.29) is 17.1 Å². The Morgan fingerprint density at radius 2 is 1.95 bits per heavy atom. The van der Waals surface area contributed by atoms with Crippen molar-refractivity contribution >= 4 is 12.1 Å². The summed E-state index contributed by atoms with van der Waals surface area (Å²) in [6.45, 7) is 8.42. The van der Waals surface area contributed by atoms with Crippen LogP contribution in [0.1, 0.15) is 45.9 Å². The van der Waals surface area contributed by atoms with Gasteiger partial charge in [0.15, 0.2) is 0 Å². The van der Waals surface area contributed by atoms with Crippen LogP contribution in [0.2, 0.25) is 0 Å². The minimum Gasteiger partial charge on any atom is -0.441 e. The first-order valence-electron chi connectivity index (χ1n) is 7.82. The van der Waals surface area contributed by atoms with Crippen LogP contribution in [0.5, 0.6) is 0 Å². The molecule has 0 N–H and O–H groups in total. The summed E-state index contributed by atoms with van der Waals surface area (Å²) < 4.78 is 11.4. The Labute approximate surface area is 130 Å². The van der Waals surface area contributed by atoms with Crippen LogP contribution in [0, 0.1) is 0 Å². The fourth-order valence-corrected chi connectivity index (χ4v) is 3.06. The first kappa shape index (κ1) is 15.1. The van der Waals surface area contributed by atoms with Crippen LogP contribution in [0.25, 0.3) is 0 Å². The lowest BCUT2D eigenvalue weighted by Crippen LogP contribution is -2.35. The summed E-state index contributed by atoms with van der Waals surface area (Å²) in [5.41, 5.74) is -0.504. The lowest BCUT2D eigenvalue weighted by Gasteiger charge is -2.24. The molecule has 122 valence electrons. The van der Waals surface area contributed by atoms with Crippen molar-refractivity contribution in [2.45, 2.75) is 51.0 Å². The molecule has 2 saturated heterocycles. The van der Waals surface area contributed by atoms with E-state index in [4.69, 9.17) is 9.15 Å². The van der Waals surface area contributed by atoms with E-state index in [0.717, 1.165) is 32.4 Å². The van der Waals surface area contributed by atoms with Gasteiger partial charge < -0.3 is 19.0 Å². The van der Waals surface area contributed by atoms with Crippen LogP contribution < -0.4 is 4.90 Å². The number of ether oxygens (including phenoxy) is 1. The summed E-state index contributed by atoms with van der Waals surface area (Å²) >= 11 is 0. The van der Waals surface area contributed by atoms with Gasteiger partial charge in [0.1, 0.15) is 5.60 Å². The van der Waals surface area contributed by atoms with Crippen molar-refractivity contribution in [2.24, 2.45) is 0 Å². The standard InChI is InChI=1S/C15H24N4O3/c1-14(2,3)11-16-17-12(21-11)19-8-5-6-15(7-9-19)10-18(4)13(20)22-15/h5-10H2,1-4H3. The largest absolute Gasteiger partial charge is 0.441 e. The highest BCUT2D eigenvalue weighted by molar-refractivity contribution is 5.70. The van der Waals surface area contributed by atoms with Crippen LogP contribution in [0.15, 0.2) is 4.42 Å². The summed E-state index contributed by atoms with van der Waals surface area (Å²) in [6.07, 6.45) is 2.38. The molecule has 1 spiro atoms. The van der Waals surface area contributed by atoms with Crippen LogP contribution in [0.3, 0.4) is 0 Å². The van der Waals surface area contributed by atoms with Crippen molar-refractivity contribution in [3.8, 4) is 0 Å². The number of anilines is 1. The van der Waals surface area contributed by atoms with Gasteiger partial charge in [-0.05, 0) is 12.8 Å². The normalized spacial score (nSPS) is 26.5. The third-order valence-corrected chi connectivity index (χ3v) is 4.37. The van der Waals surface area contributed by atoms with Gasteiger partial charge in [0, 0.05) is 32.0 Å². The molecule has 2 aliphatic rings. The van der Waals surface area contributed by atoms with Crippen molar-refractivity contribution in [1.82, 2.24) is 15.1 Å². The molecule has 1 aromatic heterocycles. The van der Waals surface area contributed by atoms with Crippen LogP contribution in [-0.4, -0.2) is 53.5 Å². The molecule has 0 bridgehead atoms. The van der Waals surface area contributed by atoms with Gasteiger partial charge in [-0.1, -0.05) is 25.9 Å². The van der Waals surface area contributed by atoms with Crippen LogP contribution in [-0.2, 0) is 10.2 Å². The zero-order valence-electron chi connectivity index (χ0n) is 13.8. The number of aromatic nitrogens is 2. The van der Waals surface area contributed by atoms with Crippen molar-refractivity contribution in [1.29, 1.82) is 0 Å².